The van der Waals surface area contributed by atoms with Crippen molar-refractivity contribution < 1.29 is 4.79 Å². The van der Waals surface area contributed by atoms with Crippen molar-refractivity contribution in [3.8, 4) is 0 Å². The lowest BCUT2D eigenvalue weighted by Crippen LogP contribution is -2.49. The molecule has 0 aromatic heterocycles. The molecule has 82 valence electrons. The summed E-state index contributed by atoms with van der Waals surface area (Å²) in [5.41, 5.74) is 5.57. The second kappa shape index (κ2) is 4.33. The standard InChI is InChI=1S/C11H15BrN2O/c1-11(10(13)15,14(2)3)8-5-4-6-9(12)7-8/h4-7H,1-3H3,(H2,13,15). The summed E-state index contributed by atoms with van der Waals surface area (Å²) in [6.07, 6.45) is 0. The summed E-state index contributed by atoms with van der Waals surface area (Å²) in [4.78, 5) is 13.4. The number of likely N-dealkylation sites (N-methyl/N-ethyl adjacent to an activating group) is 1. The Morgan fingerprint density at radius 2 is 2.07 bits per heavy atom. The van der Waals surface area contributed by atoms with Gasteiger partial charge in [-0.05, 0) is 38.7 Å². The lowest BCUT2D eigenvalue weighted by molar-refractivity contribution is -0.128. The second-order valence-electron chi connectivity index (χ2n) is 3.84. The van der Waals surface area contributed by atoms with E-state index >= 15 is 0 Å². The van der Waals surface area contributed by atoms with Crippen molar-refractivity contribution in [2.24, 2.45) is 5.73 Å². The smallest absolute Gasteiger partial charge is 0.242 e. The topological polar surface area (TPSA) is 46.3 Å². The molecule has 0 saturated carbocycles. The molecular formula is C11H15BrN2O. The highest BCUT2D eigenvalue weighted by Gasteiger charge is 2.35. The Morgan fingerprint density at radius 1 is 1.47 bits per heavy atom. The highest BCUT2D eigenvalue weighted by Crippen LogP contribution is 2.27. The Balaban J connectivity index is 3.28. The number of nitrogens with zero attached hydrogens (tertiary/aromatic N) is 1. The first-order valence-electron chi connectivity index (χ1n) is 4.62. The molecule has 1 aromatic carbocycles. The molecule has 0 fully saturated rings. The first-order valence-corrected chi connectivity index (χ1v) is 5.41. The van der Waals surface area contributed by atoms with E-state index in [1.165, 1.54) is 0 Å². The number of primary amides is 1. The highest BCUT2D eigenvalue weighted by atomic mass is 79.9. The SMILES string of the molecule is CN(C)C(C)(C(N)=O)c1cccc(Br)c1. The maximum atomic E-state index is 11.5. The normalized spacial score (nSPS) is 15.0. The van der Waals surface area contributed by atoms with Gasteiger partial charge in [-0.1, -0.05) is 28.1 Å². The number of carbonyl (C=O) groups is 1. The second-order valence-corrected chi connectivity index (χ2v) is 4.76. The summed E-state index contributed by atoms with van der Waals surface area (Å²) < 4.78 is 0.939. The molecule has 2 N–H and O–H groups in total. The first kappa shape index (κ1) is 12.2. The Hall–Kier alpha value is -0.870. The third kappa shape index (κ3) is 2.21. The van der Waals surface area contributed by atoms with Crippen LogP contribution in [0.3, 0.4) is 0 Å². The molecule has 1 unspecified atom stereocenters. The fourth-order valence-electron chi connectivity index (χ4n) is 1.41. The molecule has 0 spiro atoms. The van der Waals surface area contributed by atoms with Crippen molar-refractivity contribution in [3.05, 3.63) is 34.3 Å². The van der Waals surface area contributed by atoms with Gasteiger partial charge in [0.1, 0.15) is 5.54 Å². The third-order valence-corrected chi connectivity index (χ3v) is 3.25. The predicted molar refractivity (Wildman–Crippen MR) is 64.4 cm³/mol. The largest absolute Gasteiger partial charge is 0.368 e. The lowest BCUT2D eigenvalue weighted by Gasteiger charge is -2.33. The van der Waals surface area contributed by atoms with Gasteiger partial charge in [-0.3, -0.25) is 9.69 Å². The zero-order valence-electron chi connectivity index (χ0n) is 9.12. The quantitative estimate of drug-likeness (QED) is 0.909. The van der Waals surface area contributed by atoms with Crippen LogP contribution < -0.4 is 5.73 Å². The molecule has 0 heterocycles. The molecular weight excluding hydrogens is 256 g/mol. The molecule has 0 radical (unpaired) electrons. The van der Waals surface area contributed by atoms with Gasteiger partial charge in [0.25, 0.3) is 0 Å². The van der Waals surface area contributed by atoms with Gasteiger partial charge in [0.15, 0.2) is 0 Å². The van der Waals surface area contributed by atoms with Crippen LogP contribution in [0, 0.1) is 0 Å². The van der Waals surface area contributed by atoms with Gasteiger partial charge < -0.3 is 5.73 Å². The highest BCUT2D eigenvalue weighted by molar-refractivity contribution is 9.10. The van der Waals surface area contributed by atoms with E-state index in [0.29, 0.717) is 0 Å². The van der Waals surface area contributed by atoms with Crippen LogP contribution in [0.1, 0.15) is 12.5 Å². The lowest BCUT2D eigenvalue weighted by atomic mass is 9.90. The number of halogens is 1. The van der Waals surface area contributed by atoms with Crippen LogP contribution in [0.5, 0.6) is 0 Å². The number of carbonyl (C=O) groups excluding carboxylic acids is 1. The Bertz CT molecular complexity index is 379. The van der Waals surface area contributed by atoms with Gasteiger partial charge in [0.05, 0.1) is 0 Å². The molecule has 1 amide bonds. The van der Waals surface area contributed by atoms with E-state index in [0.717, 1.165) is 10.0 Å². The average molecular weight is 271 g/mol. The first-order chi connectivity index (χ1) is 6.89. The van der Waals surface area contributed by atoms with E-state index in [1.54, 1.807) is 0 Å². The fraction of sp³-hybridized carbons (Fsp3) is 0.364. The molecule has 0 bridgehead atoms. The summed E-state index contributed by atoms with van der Waals surface area (Å²) in [7, 11) is 3.68. The van der Waals surface area contributed by atoms with Gasteiger partial charge in [-0.15, -0.1) is 0 Å². The van der Waals surface area contributed by atoms with Crippen LogP contribution in [0.25, 0.3) is 0 Å². The number of amides is 1. The van der Waals surface area contributed by atoms with Crippen molar-refractivity contribution in [3.63, 3.8) is 0 Å². The molecule has 4 heteroatoms. The third-order valence-electron chi connectivity index (χ3n) is 2.76. The maximum Gasteiger partial charge on any atom is 0.242 e. The van der Waals surface area contributed by atoms with Gasteiger partial charge >= 0.3 is 0 Å². The molecule has 3 nitrogen and oxygen atoms in total. The number of benzene rings is 1. The number of rotatable bonds is 3. The molecule has 1 atom stereocenters. The van der Waals surface area contributed by atoms with E-state index < -0.39 is 5.54 Å². The van der Waals surface area contributed by atoms with Crippen LogP contribution in [0.15, 0.2) is 28.7 Å². The van der Waals surface area contributed by atoms with Crippen LogP contribution >= 0.6 is 15.9 Å². The van der Waals surface area contributed by atoms with E-state index in [4.69, 9.17) is 5.73 Å². The summed E-state index contributed by atoms with van der Waals surface area (Å²) in [5, 5.41) is 0. The number of hydrogen-bond acceptors (Lipinski definition) is 2. The predicted octanol–water partition coefficient (Wildman–Crippen LogP) is 1.71. The fourth-order valence-corrected chi connectivity index (χ4v) is 1.81. The average Bonchev–Trinajstić information content (AvgIpc) is 2.15. The summed E-state index contributed by atoms with van der Waals surface area (Å²) in [5.74, 6) is -0.356. The Kier molecular flexibility index (Phi) is 3.52. The van der Waals surface area contributed by atoms with Gasteiger partial charge in [-0.25, -0.2) is 0 Å². The molecule has 0 saturated heterocycles. The van der Waals surface area contributed by atoms with E-state index in [2.05, 4.69) is 15.9 Å². The molecule has 0 aliphatic carbocycles. The van der Waals surface area contributed by atoms with Crippen LogP contribution in [-0.2, 0) is 10.3 Å². The van der Waals surface area contributed by atoms with Gasteiger partial charge in [0.2, 0.25) is 5.91 Å². The van der Waals surface area contributed by atoms with Crippen molar-refractivity contribution in [1.29, 1.82) is 0 Å². The van der Waals surface area contributed by atoms with E-state index in [9.17, 15) is 4.79 Å². The van der Waals surface area contributed by atoms with Crippen LogP contribution in [0.4, 0.5) is 0 Å². The van der Waals surface area contributed by atoms with Crippen molar-refractivity contribution in [2.45, 2.75) is 12.5 Å². The summed E-state index contributed by atoms with van der Waals surface area (Å²) in [6, 6.07) is 7.62. The Labute approximate surface area is 98.4 Å². The zero-order chi connectivity index (χ0) is 11.6. The summed E-state index contributed by atoms with van der Waals surface area (Å²) in [6.45, 7) is 1.82. The van der Waals surface area contributed by atoms with Gasteiger partial charge in [0, 0.05) is 4.47 Å². The molecule has 15 heavy (non-hydrogen) atoms. The van der Waals surface area contributed by atoms with Crippen LogP contribution in [0.2, 0.25) is 0 Å². The summed E-state index contributed by atoms with van der Waals surface area (Å²) >= 11 is 3.38. The van der Waals surface area contributed by atoms with Gasteiger partial charge in [-0.2, -0.15) is 0 Å². The minimum atomic E-state index is -0.774. The van der Waals surface area contributed by atoms with Crippen molar-refractivity contribution in [1.82, 2.24) is 4.90 Å². The molecule has 1 rings (SSSR count). The minimum absolute atomic E-state index is 0.356. The zero-order valence-corrected chi connectivity index (χ0v) is 10.7. The number of nitrogens with two attached hydrogens (primary N) is 1. The molecule has 1 aromatic rings. The van der Waals surface area contributed by atoms with Crippen molar-refractivity contribution >= 4 is 21.8 Å². The van der Waals surface area contributed by atoms with E-state index in [1.807, 2.05) is 50.2 Å². The van der Waals surface area contributed by atoms with Crippen molar-refractivity contribution in [2.75, 3.05) is 14.1 Å². The van der Waals surface area contributed by atoms with Crippen LogP contribution in [-0.4, -0.2) is 24.9 Å². The number of hydrogen-bond donors (Lipinski definition) is 1. The monoisotopic (exact) mass is 270 g/mol. The molecule has 0 aliphatic heterocycles. The maximum absolute atomic E-state index is 11.5. The van der Waals surface area contributed by atoms with E-state index in [-0.39, 0.29) is 5.91 Å². The molecule has 0 aliphatic rings. The minimum Gasteiger partial charge on any atom is -0.368 e. The Morgan fingerprint density at radius 3 is 2.47 bits per heavy atom.